The third-order valence-corrected chi connectivity index (χ3v) is 5.58. The van der Waals surface area contributed by atoms with E-state index in [0.717, 1.165) is 0 Å². The summed E-state index contributed by atoms with van der Waals surface area (Å²) >= 11 is 6.09. The van der Waals surface area contributed by atoms with Crippen molar-refractivity contribution in [2.24, 2.45) is 0 Å². The highest BCUT2D eigenvalue weighted by Gasteiger charge is 2.43. The first-order valence-corrected chi connectivity index (χ1v) is 9.85. The van der Waals surface area contributed by atoms with Crippen molar-refractivity contribution in [2.75, 3.05) is 12.0 Å². The van der Waals surface area contributed by atoms with Gasteiger partial charge in [-0.2, -0.15) is 0 Å². The van der Waals surface area contributed by atoms with Gasteiger partial charge in [0.1, 0.15) is 17.1 Å². The van der Waals surface area contributed by atoms with Gasteiger partial charge in [-0.25, -0.2) is 4.39 Å². The van der Waals surface area contributed by atoms with Gasteiger partial charge in [0.15, 0.2) is 5.43 Å². The molecule has 1 aliphatic heterocycles. The molecule has 7 heteroatoms. The number of benzene rings is 3. The van der Waals surface area contributed by atoms with Crippen LogP contribution in [0.2, 0.25) is 5.02 Å². The normalized spacial score (nSPS) is 15.4. The molecule has 0 saturated carbocycles. The number of hydrogen-bond donors (Lipinski definition) is 0. The SMILES string of the molecule is COc1cccc(N2C(=O)c3oc4ccc(Cl)cc4c(=O)c3C2c2ccc(F)cc2)c1. The van der Waals surface area contributed by atoms with Crippen molar-refractivity contribution in [3.8, 4) is 5.75 Å². The predicted octanol–water partition coefficient (Wildman–Crippen LogP) is 5.34. The number of anilines is 1. The van der Waals surface area contributed by atoms with Crippen molar-refractivity contribution in [3.63, 3.8) is 0 Å². The number of hydrogen-bond acceptors (Lipinski definition) is 4. The molecule has 0 fully saturated rings. The molecular weight excluding hydrogens is 421 g/mol. The van der Waals surface area contributed by atoms with Gasteiger partial charge in [-0.15, -0.1) is 0 Å². The van der Waals surface area contributed by atoms with Crippen LogP contribution in [-0.4, -0.2) is 13.0 Å². The lowest BCUT2D eigenvalue weighted by Gasteiger charge is -2.25. The largest absolute Gasteiger partial charge is 0.497 e. The molecule has 1 unspecified atom stereocenters. The Labute approximate surface area is 181 Å². The van der Waals surface area contributed by atoms with Gasteiger partial charge in [-0.05, 0) is 48.0 Å². The zero-order valence-electron chi connectivity index (χ0n) is 16.3. The molecule has 1 amide bonds. The number of halogens is 2. The second-order valence-corrected chi connectivity index (χ2v) is 7.58. The molecule has 5 rings (SSSR count). The average Bonchev–Trinajstić information content (AvgIpc) is 3.07. The average molecular weight is 436 g/mol. The van der Waals surface area contributed by atoms with E-state index < -0.39 is 17.8 Å². The Kier molecular flexibility index (Phi) is 4.52. The topological polar surface area (TPSA) is 59.8 Å². The number of fused-ring (bicyclic) bond motifs is 2. The Morgan fingerprint density at radius 3 is 2.55 bits per heavy atom. The minimum atomic E-state index is -0.796. The minimum absolute atomic E-state index is 0.0445. The van der Waals surface area contributed by atoms with E-state index in [0.29, 0.717) is 22.0 Å². The Hall–Kier alpha value is -3.64. The summed E-state index contributed by atoms with van der Waals surface area (Å²) in [5.74, 6) is -0.377. The molecular formula is C24H15ClFNO4. The predicted molar refractivity (Wildman–Crippen MR) is 116 cm³/mol. The lowest BCUT2D eigenvalue weighted by Crippen LogP contribution is -2.29. The summed E-state index contributed by atoms with van der Waals surface area (Å²) in [7, 11) is 1.53. The van der Waals surface area contributed by atoms with Crippen LogP contribution in [0.5, 0.6) is 5.75 Å². The van der Waals surface area contributed by atoms with Gasteiger partial charge in [0, 0.05) is 16.8 Å². The second-order valence-electron chi connectivity index (χ2n) is 7.15. The molecule has 154 valence electrons. The van der Waals surface area contributed by atoms with E-state index in [1.807, 2.05) is 0 Å². The first-order valence-electron chi connectivity index (χ1n) is 9.47. The van der Waals surface area contributed by atoms with E-state index in [4.69, 9.17) is 20.8 Å². The van der Waals surface area contributed by atoms with Crippen molar-refractivity contribution in [1.29, 1.82) is 0 Å². The maximum absolute atomic E-state index is 13.6. The van der Waals surface area contributed by atoms with Gasteiger partial charge in [0.25, 0.3) is 5.91 Å². The van der Waals surface area contributed by atoms with Gasteiger partial charge in [-0.1, -0.05) is 29.8 Å². The molecule has 4 aromatic rings. The molecule has 0 saturated heterocycles. The number of carbonyl (C=O) groups excluding carboxylic acids is 1. The molecule has 2 heterocycles. The number of amides is 1. The summed E-state index contributed by atoms with van der Waals surface area (Å²) in [5, 5.41) is 0.658. The Balaban J connectivity index is 1.81. The maximum atomic E-state index is 13.6. The molecule has 0 N–H and O–H groups in total. The highest BCUT2D eigenvalue weighted by Crippen LogP contribution is 2.42. The van der Waals surface area contributed by atoms with Gasteiger partial charge in [0.05, 0.1) is 24.1 Å². The van der Waals surface area contributed by atoms with Crippen LogP contribution in [0.3, 0.4) is 0 Å². The number of carbonyl (C=O) groups is 1. The molecule has 3 aromatic carbocycles. The van der Waals surface area contributed by atoms with E-state index in [9.17, 15) is 14.0 Å². The first kappa shape index (κ1) is 19.3. The van der Waals surface area contributed by atoms with E-state index >= 15 is 0 Å². The molecule has 5 nitrogen and oxygen atoms in total. The number of ether oxygens (including phenoxy) is 1. The fourth-order valence-electron chi connectivity index (χ4n) is 3.93. The van der Waals surface area contributed by atoms with Crippen LogP contribution in [0.15, 0.2) is 75.9 Å². The molecule has 1 aromatic heterocycles. The quantitative estimate of drug-likeness (QED) is 0.435. The molecule has 1 aliphatic rings. The summed E-state index contributed by atoms with van der Waals surface area (Å²) in [6, 6.07) is 16.5. The highest BCUT2D eigenvalue weighted by molar-refractivity contribution is 6.31. The van der Waals surface area contributed by atoms with Gasteiger partial charge < -0.3 is 9.15 Å². The van der Waals surface area contributed by atoms with Crippen molar-refractivity contribution < 1.29 is 18.3 Å². The molecule has 0 bridgehead atoms. The molecule has 1 atom stereocenters. The molecule has 0 radical (unpaired) electrons. The first-order chi connectivity index (χ1) is 15.0. The summed E-state index contributed by atoms with van der Waals surface area (Å²) in [6.45, 7) is 0. The van der Waals surface area contributed by atoms with Crippen molar-refractivity contribution in [3.05, 3.63) is 105 Å². The van der Waals surface area contributed by atoms with Gasteiger partial charge in [-0.3, -0.25) is 14.5 Å². The summed E-state index contributed by atoms with van der Waals surface area (Å²) in [4.78, 5) is 28.4. The van der Waals surface area contributed by atoms with Crippen LogP contribution < -0.4 is 15.1 Å². The monoisotopic (exact) mass is 435 g/mol. The summed E-state index contributed by atoms with van der Waals surface area (Å²) in [6.07, 6.45) is 0. The van der Waals surface area contributed by atoms with E-state index in [1.54, 1.807) is 48.5 Å². The van der Waals surface area contributed by atoms with E-state index in [1.165, 1.54) is 30.2 Å². The zero-order chi connectivity index (χ0) is 21.7. The fraction of sp³-hybridized carbons (Fsp3) is 0.0833. The smallest absolute Gasteiger partial charge is 0.295 e. The van der Waals surface area contributed by atoms with Crippen molar-refractivity contribution in [2.45, 2.75) is 6.04 Å². The maximum Gasteiger partial charge on any atom is 0.295 e. The molecule has 0 spiro atoms. The Morgan fingerprint density at radius 1 is 1.03 bits per heavy atom. The summed E-state index contributed by atoms with van der Waals surface area (Å²) in [5.41, 5.74) is 1.20. The Morgan fingerprint density at radius 2 is 1.81 bits per heavy atom. The number of nitrogens with zero attached hydrogens (tertiary/aromatic N) is 1. The zero-order valence-corrected chi connectivity index (χ0v) is 17.0. The van der Waals surface area contributed by atoms with Crippen LogP contribution in [0.1, 0.15) is 27.7 Å². The van der Waals surface area contributed by atoms with Crippen LogP contribution in [0.25, 0.3) is 11.0 Å². The van der Waals surface area contributed by atoms with Gasteiger partial charge in [0.2, 0.25) is 5.76 Å². The minimum Gasteiger partial charge on any atom is -0.497 e. The number of rotatable bonds is 3. The van der Waals surface area contributed by atoms with Crippen LogP contribution >= 0.6 is 11.6 Å². The lowest BCUT2D eigenvalue weighted by molar-refractivity contribution is 0.0971. The molecule has 0 aliphatic carbocycles. The van der Waals surface area contributed by atoms with Crippen LogP contribution in [-0.2, 0) is 0 Å². The van der Waals surface area contributed by atoms with Gasteiger partial charge >= 0.3 is 0 Å². The van der Waals surface area contributed by atoms with Crippen molar-refractivity contribution >= 4 is 34.2 Å². The third-order valence-electron chi connectivity index (χ3n) is 5.35. The van der Waals surface area contributed by atoms with Crippen molar-refractivity contribution in [1.82, 2.24) is 0 Å². The fourth-order valence-corrected chi connectivity index (χ4v) is 4.10. The number of methoxy groups -OCH3 is 1. The summed E-state index contributed by atoms with van der Waals surface area (Å²) < 4.78 is 24.8. The second kappa shape index (κ2) is 7.25. The standard InChI is InChI=1S/C24H15ClFNO4/c1-30-17-4-2-3-16(12-17)27-21(13-5-8-15(26)9-6-13)20-22(28)18-11-14(25)7-10-19(18)31-23(20)24(27)29/h2-12,21H,1H3. The molecule has 31 heavy (non-hydrogen) atoms. The van der Waals surface area contributed by atoms with E-state index in [-0.39, 0.29) is 27.7 Å². The van der Waals surface area contributed by atoms with Crippen LogP contribution in [0, 0.1) is 5.82 Å². The lowest BCUT2D eigenvalue weighted by atomic mass is 9.98. The highest BCUT2D eigenvalue weighted by atomic mass is 35.5. The Bertz CT molecular complexity index is 1400. The van der Waals surface area contributed by atoms with Crippen LogP contribution in [0.4, 0.5) is 10.1 Å². The third kappa shape index (κ3) is 3.07. The van der Waals surface area contributed by atoms with E-state index in [2.05, 4.69) is 0 Å².